The van der Waals surface area contributed by atoms with E-state index in [0.29, 0.717) is 18.2 Å². The quantitative estimate of drug-likeness (QED) is 0.168. The highest BCUT2D eigenvalue weighted by atomic mass is 31.2. The van der Waals surface area contributed by atoms with E-state index in [1.807, 2.05) is 0 Å². The molecule has 1 unspecified atom stereocenters. The number of benzene rings is 2. The number of halogens is 8. The van der Waals surface area contributed by atoms with Crippen LogP contribution < -0.4 is 9.47 Å². The molecular formula is C22H19F8O11P. The van der Waals surface area contributed by atoms with Gasteiger partial charge >= 0.3 is 26.5 Å². The van der Waals surface area contributed by atoms with Crippen LogP contribution in [0.4, 0.5) is 35.1 Å². The second-order valence-corrected chi connectivity index (χ2v) is 8.84. The molecule has 0 aromatic heterocycles. The third-order valence-electron chi connectivity index (χ3n) is 4.56. The lowest BCUT2D eigenvalue weighted by Crippen LogP contribution is -2.18. The van der Waals surface area contributed by atoms with Crippen LogP contribution in [0.3, 0.4) is 0 Å². The third kappa shape index (κ3) is 12.1. The number of rotatable bonds is 10. The highest BCUT2D eigenvalue weighted by Crippen LogP contribution is 2.31. The number of carbonyl (C=O) groups is 1. The molecule has 4 N–H and O–H groups in total. The summed E-state index contributed by atoms with van der Waals surface area (Å²) in [5.74, 6) is -6.63. The van der Waals surface area contributed by atoms with Crippen molar-refractivity contribution in [3.05, 3.63) is 70.7 Å². The Labute approximate surface area is 229 Å². The zero-order valence-corrected chi connectivity index (χ0v) is 21.4. The third-order valence-corrected chi connectivity index (χ3v) is 4.56. The monoisotopic (exact) mass is 642 g/mol. The van der Waals surface area contributed by atoms with E-state index in [1.54, 1.807) is 0 Å². The van der Waals surface area contributed by atoms with Crippen molar-refractivity contribution < 1.29 is 88.0 Å². The average Bonchev–Trinajstić information content (AvgIpc) is 3.11. The Kier molecular flexibility index (Phi) is 11.5. The number of cyclic esters (lactones) is 1. The number of hydrogen-bond acceptors (Lipinski definition) is 8. The minimum Gasteiger partial charge on any atom is -0.485 e. The van der Waals surface area contributed by atoms with Gasteiger partial charge in [-0.3, -0.25) is 0 Å². The van der Waals surface area contributed by atoms with Crippen molar-refractivity contribution in [1.29, 1.82) is 0 Å². The summed E-state index contributed by atoms with van der Waals surface area (Å²) in [5, 5.41) is 9.21. The van der Waals surface area contributed by atoms with Crippen molar-refractivity contribution in [2.24, 2.45) is 0 Å². The molecule has 2 aromatic carbocycles. The van der Waals surface area contributed by atoms with E-state index in [0.717, 1.165) is 18.2 Å². The summed E-state index contributed by atoms with van der Waals surface area (Å²) >= 11 is 0. The fourth-order valence-electron chi connectivity index (χ4n) is 3.08. The van der Waals surface area contributed by atoms with Crippen molar-refractivity contribution in [2.45, 2.75) is 38.5 Å². The summed E-state index contributed by atoms with van der Waals surface area (Å²) in [5.41, 5.74) is 0.0305. The molecule has 42 heavy (non-hydrogen) atoms. The summed E-state index contributed by atoms with van der Waals surface area (Å²) in [6.07, 6.45) is -11.5. The zero-order chi connectivity index (χ0) is 31.9. The second-order valence-electron chi connectivity index (χ2n) is 7.82. The van der Waals surface area contributed by atoms with E-state index in [2.05, 4.69) is 9.47 Å². The Morgan fingerprint density at radius 3 is 1.62 bits per heavy atom. The molecule has 1 atom stereocenters. The molecule has 0 aliphatic carbocycles. The van der Waals surface area contributed by atoms with Crippen LogP contribution >= 0.6 is 7.82 Å². The SMILES string of the molecule is O=C1OC(CCO)C(OCc2ccc(OC(F)(F)F)c(F)c2)=C1OCc1ccc(OC(F)(F)F)c(F)c1.O=P(O)(O)O. The van der Waals surface area contributed by atoms with Gasteiger partial charge in [0.05, 0.1) is 0 Å². The van der Waals surface area contributed by atoms with Gasteiger partial charge in [-0.1, -0.05) is 12.1 Å². The topological polar surface area (TPSA) is 161 Å². The van der Waals surface area contributed by atoms with Crippen molar-refractivity contribution in [3.63, 3.8) is 0 Å². The molecule has 0 fully saturated rings. The predicted molar refractivity (Wildman–Crippen MR) is 119 cm³/mol. The highest BCUT2D eigenvalue weighted by molar-refractivity contribution is 7.45. The molecule has 11 nitrogen and oxygen atoms in total. The molecule has 0 saturated carbocycles. The van der Waals surface area contributed by atoms with Gasteiger partial charge in [-0.25, -0.2) is 18.1 Å². The minimum absolute atomic E-state index is 0.000364. The number of aliphatic hydroxyl groups is 1. The molecule has 0 bridgehead atoms. The Balaban J connectivity index is 0.00000113. The largest absolute Gasteiger partial charge is 0.573 e. The summed E-state index contributed by atoms with van der Waals surface area (Å²) in [4.78, 5) is 33.8. The number of esters is 1. The normalized spacial score (nSPS) is 15.5. The Morgan fingerprint density at radius 2 is 1.24 bits per heavy atom. The Bertz CT molecular complexity index is 1320. The molecule has 2 aromatic rings. The molecule has 0 amide bonds. The molecule has 0 radical (unpaired) electrons. The van der Waals surface area contributed by atoms with Gasteiger partial charge in [0.1, 0.15) is 13.2 Å². The highest BCUT2D eigenvalue weighted by Gasteiger charge is 2.38. The predicted octanol–water partition coefficient (Wildman–Crippen LogP) is 4.09. The molecule has 0 spiro atoms. The first-order chi connectivity index (χ1) is 19.3. The minimum atomic E-state index is -5.11. The van der Waals surface area contributed by atoms with Crippen LogP contribution in [0.25, 0.3) is 0 Å². The number of hydrogen-bond donors (Lipinski definition) is 4. The van der Waals surface area contributed by atoms with Gasteiger partial charge in [-0.05, 0) is 35.4 Å². The molecule has 1 aliphatic rings. The number of alkyl halides is 6. The zero-order valence-electron chi connectivity index (χ0n) is 20.5. The molecule has 234 valence electrons. The van der Waals surface area contributed by atoms with Crippen molar-refractivity contribution >= 4 is 13.8 Å². The van der Waals surface area contributed by atoms with Crippen LogP contribution in [0.2, 0.25) is 0 Å². The van der Waals surface area contributed by atoms with E-state index >= 15 is 0 Å². The molecule has 0 saturated heterocycles. The van der Waals surface area contributed by atoms with E-state index < -0.39 is 81.3 Å². The number of phosphoric acid groups is 1. The van der Waals surface area contributed by atoms with Crippen LogP contribution in [0, 0.1) is 11.6 Å². The number of aliphatic hydroxyl groups excluding tert-OH is 1. The van der Waals surface area contributed by atoms with Crippen LogP contribution in [-0.2, 0) is 36.8 Å². The summed E-state index contributed by atoms with van der Waals surface area (Å²) < 4.78 is 133. The Morgan fingerprint density at radius 1 is 0.810 bits per heavy atom. The first-order valence-electron chi connectivity index (χ1n) is 10.9. The van der Waals surface area contributed by atoms with E-state index in [1.165, 1.54) is 0 Å². The molecule has 1 aliphatic heterocycles. The van der Waals surface area contributed by atoms with Gasteiger partial charge in [0.2, 0.25) is 5.76 Å². The first kappa shape index (κ1) is 34.6. The van der Waals surface area contributed by atoms with E-state index in [4.69, 9.17) is 33.5 Å². The van der Waals surface area contributed by atoms with E-state index in [-0.39, 0.29) is 23.3 Å². The number of carbonyl (C=O) groups excluding carboxylic acids is 1. The van der Waals surface area contributed by atoms with Crippen LogP contribution in [0.15, 0.2) is 47.9 Å². The van der Waals surface area contributed by atoms with E-state index in [9.17, 15) is 45.0 Å². The second kappa shape index (κ2) is 14.0. The van der Waals surface area contributed by atoms with Gasteiger partial charge < -0.3 is 43.5 Å². The lowest BCUT2D eigenvalue weighted by atomic mass is 10.2. The lowest BCUT2D eigenvalue weighted by molar-refractivity contribution is -0.276. The maximum absolute atomic E-state index is 13.9. The molecule has 20 heteroatoms. The van der Waals surface area contributed by atoms with Gasteiger partial charge in [-0.2, -0.15) is 0 Å². The smallest absolute Gasteiger partial charge is 0.485 e. The van der Waals surface area contributed by atoms with Crippen LogP contribution in [-0.4, -0.2) is 51.2 Å². The maximum Gasteiger partial charge on any atom is 0.573 e. The lowest BCUT2D eigenvalue weighted by Gasteiger charge is -2.15. The van der Waals surface area contributed by atoms with Crippen molar-refractivity contribution in [2.75, 3.05) is 6.61 Å². The summed E-state index contributed by atoms with van der Waals surface area (Å²) in [6, 6.07) is 4.92. The van der Waals surface area contributed by atoms with Gasteiger partial charge in [0.25, 0.3) is 0 Å². The van der Waals surface area contributed by atoms with Gasteiger partial charge in [-0.15, -0.1) is 26.3 Å². The molecule has 3 rings (SSSR count). The average molecular weight is 642 g/mol. The fraction of sp³-hybridized carbons (Fsp3) is 0.318. The van der Waals surface area contributed by atoms with Crippen LogP contribution in [0.5, 0.6) is 11.5 Å². The standard InChI is InChI=1S/C22H16F8O7.H3O4P/c23-13-7-11(1-3-15(13)36-21(25,26)27)9-33-18-17(5-6-31)35-20(32)19(18)34-10-12-2-4-16(14(24)8-12)37-22(28,29)30;1-5(2,3)4/h1-4,7-8,17,31H,5-6,9-10H2;(H3,1,2,3,4). The Hall–Kier alpha value is -3.64. The van der Waals surface area contributed by atoms with Crippen molar-refractivity contribution in [3.8, 4) is 11.5 Å². The van der Waals surface area contributed by atoms with Crippen LogP contribution in [0.1, 0.15) is 17.5 Å². The molecular weight excluding hydrogens is 623 g/mol. The van der Waals surface area contributed by atoms with Gasteiger partial charge in [0.15, 0.2) is 35.0 Å². The summed E-state index contributed by atoms with van der Waals surface area (Å²) in [7, 11) is -4.64. The fourth-order valence-corrected chi connectivity index (χ4v) is 3.08. The first-order valence-corrected chi connectivity index (χ1v) is 12.5. The number of ether oxygens (including phenoxy) is 5. The molecule has 1 heterocycles. The van der Waals surface area contributed by atoms with Crippen molar-refractivity contribution in [1.82, 2.24) is 0 Å². The summed E-state index contributed by atoms with van der Waals surface area (Å²) in [6.45, 7) is -1.45. The maximum atomic E-state index is 13.9. The van der Waals surface area contributed by atoms with Gasteiger partial charge in [0, 0.05) is 13.0 Å².